The van der Waals surface area contributed by atoms with Crippen molar-refractivity contribution in [1.29, 1.82) is 5.41 Å². The first kappa shape index (κ1) is 19.1. The van der Waals surface area contributed by atoms with E-state index in [9.17, 15) is 9.50 Å². The van der Waals surface area contributed by atoms with Crippen LogP contribution in [0.15, 0.2) is 36.4 Å². The summed E-state index contributed by atoms with van der Waals surface area (Å²) in [5.41, 5.74) is 5.44. The molecule has 3 unspecified atom stereocenters. The molecular weight excluding hydrogens is 351 g/mol. The highest BCUT2D eigenvalue weighted by atomic mass is 19.1. The van der Waals surface area contributed by atoms with Crippen molar-refractivity contribution in [1.82, 2.24) is 0 Å². The summed E-state index contributed by atoms with van der Waals surface area (Å²) in [5, 5.41) is 21.6. The lowest BCUT2D eigenvalue weighted by Gasteiger charge is -2.46. The molecule has 0 amide bonds. The summed E-state index contributed by atoms with van der Waals surface area (Å²) in [5.74, 6) is 0.257. The van der Waals surface area contributed by atoms with Gasteiger partial charge < -0.3 is 15.8 Å². The van der Waals surface area contributed by atoms with Crippen LogP contribution in [0.3, 0.4) is 0 Å². The molecule has 2 aliphatic carbocycles. The maximum Gasteiger partial charge on any atom is 0.123 e. The molecule has 3 nitrogen and oxygen atoms in total. The summed E-state index contributed by atoms with van der Waals surface area (Å²) in [6, 6.07) is 10.7. The van der Waals surface area contributed by atoms with Crippen LogP contribution in [0.1, 0.15) is 62.1 Å². The number of aryl methyl sites for hydroxylation is 1. The van der Waals surface area contributed by atoms with E-state index in [2.05, 4.69) is 24.4 Å². The molecule has 0 saturated heterocycles. The fourth-order valence-corrected chi connectivity index (χ4v) is 5.49. The standard InChI is InChI=1S/C24H29FN2O/c1-2-24-11-10-21(28)14-18(24)5-3-4-16-13-23(17(15-26)12-22(16)24)27-20-8-6-19(25)7-9-20/h6-9,12-13,15,18,21,26-28H,2-5,10-11,14H2,1H3. The second-order valence-electron chi connectivity index (χ2n) is 8.40. The summed E-state index contributed by atoms with van der Waals surface area (Å²) < 4.78 is 13.2. The molecule has 1 saturated carbocycles. The van der Waals surface area contributed by atoms with Gasteiger partial charge in [-0.05, 0) is 104 Å². The molecule has 0 heterocycles. The zero-order chi connectivity index (χ0) is 19.7. The highest BCUT2D eigenvalue weighted by Gasteiger charge is 2.45. The fourth-order valence-electron chi connectivity index (χ4n) is 5.49. The largest absolute Gasteiger partial charge is 0.393 e. The monoisotopic (exact) mass is 380 g/mol. The molecule has 1 fully saturated rings. The van der Waals surface area contributed by atoms with Crippen LogP contribution in [0.25, 0.3) is 0 Å². The van der Waals surface area contributed by atoms with Crippen LogP contribution in [0.2, 0.25) is 0 Å². The molecule has 0 radical (unpaired) electrons. The van der Waals surface area contributed by atoms with E-state index >= 15 is 0 Å². The first-order valence-electron chi connectivity index (χ1n) is 10.4. The first-order valence-corrected chi connectivity index (χ1v) is 10.4. The van der Waals surface area contributed by atoms with Crippen molar-refractivity contribution < 1.29 is 9.50 Å². The lowest BCUT2D eigenvalue weighted by atomic mass is 9.59. The van der Waals surface area contributed by atoms with E-state index in [0.717, 1.165) is 61.9 Å². The molecule has 0 bridgehead atoms. The van der Waals surface area contributed by atoms with E-state index in [-0.39, 0.29) is 17.3 Å². The Balaban J connectivity index is 1.77. The minimum Gasteiger partial charge on any atom is -0.393 e. The SMILES string of the molecule is CCC12CCC(O)CC1CCCc1cc(Nc3ccc(F)cc3)c(C=N)cc12. The first-order chi connectivity index (χ1) is 13.6. The van der Waals surface area contributed by atoms with Gasteiger partial charge in [0.1, 0.15) is 5.82 Å². The minimum atomic E-state index is -0.254. The van der Waals surface area contributed by atoms with Gasteiger partial charge >= 0.3 is 0 Å². The Morgan fingerprint density at radius 1 is 1.25 bits per heavy atom. The number of aliphatic hydroxyl groups excluding tert-OH is 1. The van der Waals surface area contributed by atoms with Crippen molar-refractivity contribution in [2.45, 2.75) is 63.4 Å². The van der Waals surface area contributed by atoms with E-state index < -0.39 is 0 Å². The number of fused-ring (bicyclic) bond motifs is 3. The van der Waals surface area contributed by atoms with Crippen LogP contribution in [0, 0.1) is 17.1 Å². The van der Waals surface area contributed by atoms with Gasteiger partial charge in [-0.25, -0.2) is 4.39 Å². The van der Waals surface area contributed by atoms with Gasteiger partial charge in [0.05, 0.1) is 6.10 Å². The average Bonchev–Trinajstić information content (AvgIpc) is 2.85. The zero-order valence-corrected chi connectivity index (χ0v) is 16.5. The number of hydrogen-bond donors (Lipinski definition) is 3. The van der Waals surface area contributed by atoms with Crippen LogP contribution >= 0.6 is 0 Å². The highest BCUT2D eigenvalue weighted by molar-refractivity contribution is 5.88. The van der Waals surface area contributed by atoms with Crippen molar-refractivity contribution in [3.63, 3.8) is 0 Å². The van der Waals surface area contributed by atoms with Crippen LogP contribution in [-0.4, -0.2) is 17.4 Å². The second kappa shape index (κ2) is 7.67. The van der Waals surface area contributed by atoms with Crippen molar-refractivity contribution in [2.75, 3.05) is 5.32 Å². The Morgan fingerprint density at radius 2 is 2.04 bits per heavy atom. The van der Waals surface area contributed by atoms with Crippen LogP contribution in [-0.2, 0) is 11.8 Å². The minimum absolute atomic E-state index is 0.108. The smallest absolute Gasteiger partial charge is 0.123 e. The Bertz CT molecular complexity index is 864. The number of hydrogen-bond acceptors (Lipinski definition) is 3. The molecule has 4 heteroatoms. The molecule has 4 rings (SSSR count). The Hall–Kier alpha value is -2.20. The molecule has 28 heavy (non-hydrogen) atoms. The second-order valence-corrected chi connectivity index (χ2v) is 8.40. The van der Waals surface area contributed by atoms with Gasteiger partial charge in [-0.2, -0.15) is 0 Å². The third kappa shape index (κ3) is 3.35. The topological polar surface area (TPSA) is 56.1 Å². The van der Waals surface area contributed by atoms with Crippen LogP contribution < -0.4 is 5.32 Å². The molecule has 2 aliphatic rings. The molecule has 3 atom stereocenters. The van der Waals surface area contributed by atoms with Crippen LogP contribution in [0.4, 0.5) is 15.8 Å². The van der Waals surface area contributed by atoms with E-state index in [1.807, 2.05) is 0 Å². The van der Waals surface area contributed by atoms with Crippen molar-refractivity contribution >= 4 is 17.6 Å². The molecule has 2 aromatic carbocycles. The molecule has 0 aromatic heterocycles. The van der Waals surface area contributed by atoms with Crippen LogP contribution in [0.5, 0.6) is 0 Å². The van der Waals surface area contributed by atoms with E-state index in [0.29, 0.717) is 5.92 Å². The lowest BCUT2D eigenvalue weighted by Crippen LogP contribution is -2.41. The molecule has 3 N–H and O–H groups in total. The Kier molecular flexibility index (Phi) is 5.24. The van der Waals surface area contributed by atoms with Crippen molar-refractivity contribution in [3.8, 4) is 0 Å². The Labute approximate surface area is 166 Å². The molecule has 0 aliphatic heterocycles. The quantitative estimate of drug-likeness (QED) is 0.595. The number of nitrogens with one attached hydrogen (secondary N) is 2. The third-order valence-electron chi connectivity index (χ3n) is 6.98. The lowest BCUT2D eigenvalue weighted by molar-refractivity contribution is 0.0451. The van der Waals surface area contributed by atoms with Gasteiger partial charge in [0.15, 0.2) is 0 Å². The predicted molar refractivity (Wildman–Crippen MR) is 112 cm³/mol. The number of benzene rings is 2. The number of anilines is 2. The average molecular weight is 381 g/mol. The van der Waals surface area contributed by atoms with Gasteiger partial charge in [0, 0.05) is 23.2 Å². The maximum atomic E-state index is 13.2. The summed E-state index contributed by atoms with van der Waals surface area (Å²) >= 11 is 0. The molecule has 148 valence electrons. The Morgan fingerprint density at radius 3 is 2.75 bits per heavy atom. The maximum absolute atomic E-state index is 13.2. The van der Waals surface area contributed by atoms with E-state index in [4.69, 9.17) is 5.41 Å². The normalized spacial score (nSPS) is 26.7. The number of halogens is 1. The van der Waals surface area contributed by atoms with E-state index in [1.165, 1.54) is 29.5 Å². The van der Waals surface area contributed by atoms with Gasteiger partial charge in [-0.3, -0.25) is 0 Å². The third-order valence-corrected chi connectivity index (χ3v) is 6.98. The van der Waals surface area contributed by atoms with E-state index in [1.54, 1.807) is 12.1 Å². The van der Waals surface area contributed by atoms with Crippen molar-refractivity contribution in [3.05, 3.63) is 58.9 Å². The summed E-state index contributed by atoms with van der Waals surface area (Å²) in [6.45, 7) is 2.27. The molecule has 0 spiro atoms. The highest BCUT2D eigenvalue weighted by Crippen LogP contribution is 2.52. The summed E-state index contributed by atoms with van der Waals surface area (Å²) in [7, 11) is 0. The summed E-state index contributed by atoms with van der Waals surface area (Å²) in [4.78, 5) is 0. The molecular formula is C24H29FN2O. The zero-order valence-electron chi connectivity index (χ0n) is 16.5. The van der Waals surface area contributed by atoms with Gasteiger partial charge in [-0.15, -0.1) is 0 Å². The predicted octanol–water partition coefficient (Wildman–Crippen LogP) is 5.71. The fraction of sp³-hybridized carbons (Fsp3) is 0.458. The summed E-state index contributed by atoms with van der Waals surface area (Å²) in [6.07, 6.45) is 8.39. The number of aliphatic hydroxyl groups is 1. The molecule has 2 aromatic rings. The van der Waals surface area contributed by atoms with Crippen molar-refractivity contribution in [2.24, 2.45) is 5.92 Å². The van der Waals surface area contributed by atoms with Gasteiger partial charge in [0.2, 0.25) is 0 Å². The van der Waals surface area contributed by atoms with Gasteiger partial charge in [-0.1, -0.05) is 6.92 Å². The number of rotatable bonds is 4. The van der Waals surface area contributed by atoms with Gasteiger partial charge in [0.25, 0.3) is 0 Å².